The van der Waals surface area contributed by atoms with Crippen molar-refractivity contribution in [3.63, 3.8) is 0 Å². The van der Waals surface area contributed by atoms with Crippen LogP contribution in [0, 0.1) is 27.7 Å². The molecule has 256 valence electrons. The first-order valence-electron chi connectivity index (χ1n) is 14.1. The molecule has 0 aliphatic rings. The number of phenolic OH excluding ortho intramolecular Hbond substituents is 1. The Morgan fingerprint density at radius 3 is 1.51 bits per heavy atom. The molecule has 0 aromatic heterocycles. The summed E-state index contributed by atoms with van der Waals surface area (Å²) in [6.07, 6.45) is -3.23. The Kier molecular flexibility index (Phi) is 21.3. The van der Waals surface area contributed by atoms with Crippen LogP contribution in [-0.2, 0) is 38.0 Å². The number of alkyl halides is 1. The molecule has 45 heavy (non-hydrogen) atoms. The minimum absolute atomic E-state index is 0.144. The summed E-state index contributed by atoms with van der Waals surface area (Å²) in [5.41, 5.74) is 4.52. The van der Waals surface area contributed by atoms with Crippen LogP contribution in [0.5, 0.6) is 11.5 Å². The summed E-state index contributed by atoms with van der Waals surface area (Å²) in [6, 6.07) is 6.93. The second kappa shape index (κ2) is 22.7. The number of esters is 2. The van der Waals surface area contributed by atoms with Crippen molar-refractivity contribution < 1.29 is 58.1 Å². The molecule has 0 spiro atoms. The van der Waals surface area contributed by atoms with Gasteiger partial charge < -0.3 is 48.5 Å². The molecule has 3 N–H and O–H groups in total. The van der Waals surface area contributed by atoms with Crippen LogP contribution in [0.3, 0.4) is 0 Å². The number of aryl methyl sites for hydroxylation is 4. The second-order valence-electron chi connectivity index (χ2n) is 9.57. The van der Waals surface area contributed by atoms with Crippen LogP contribution >= 0.6 is 15.9 Å². The quantitative estimate of drug-likeness (QED) is 0.144. The molecule has 12 nitrogen and oxygen atoms in total. The van der Waals surface area contributed by atoms with E-state index in [4.69, 9.17) is 28.4 Å². The van der Waals surface area contributed by atoms with E-state index in [1.807, 2.05) is 20.8 Å². The van der Waals surface area contributed by atoms with Crippen molar-refractivity contribution >= 4 is 27.9 Å². The molecular formula is C32H49BrO12. The number of aromatic hydroxyl groups is 1. The van der Waals surface area contributed by atoms with Gasteiger partial charge >= 0.3 is 11.9 Å². The lowest BCUT2D eigenvalue weighted by molar-refractivity contribution is -0.166. The monoisotopic (exact) mass is 704 g/mol. The Balaban J connectivity index is 0.000000733. The Morgan fingerprint density at radius 1 is 0.689 bits per heavy atom. The van der Waals surface area contributed by atoms with Gasteiger partial charge in [-0.1, -0.05) is 15.9 Å². The summed E-state index contributed by atoms with van der Waals surface area (Å²) in [5.74, 6) is 0.178. The standard InChI is InChI=1S/C16H24O6.C12H18O4.C4H7BrO2/c1-6-21-14(17)9-22-13-8-10(2)12(7-11(13)3)15(18)16(19-4)20-5;1-7-6-10(13)8(2)5-9(7)11(14)12(15-3)16-4;1-2-7-4(6)3-5/h7-8,15-16,18H,6,9H2,1-5H3;5-6,11-14H,1-4H3;2-3H2,1H3. The summed E-state index contributed by atoms with van der Waals surface area (Å²) < 4.78 is 35.0. The maximum absolute atomic E-state index is 11.3. The zero-order chi connectivity index (χ0) is 34.7. The summed E-state index contributed by atoms with van der Waals surface area (Å²) in [7, 11) is 5.88. The van der Waals surface area contributed by atoms with E-state index in [2.05, 4.69) is 20.7 Å². The van der Waals surface area contributed by atoms with E-state index >= 15 is 0 Å². The van der Waals surface area contributed by atoms with Gasteiger partial charge in [-0.2, -0.15) is 0 Å². The van der Waals surface area contributed by atoms with Gasteiger partial charge in [0.1, 0.15) is 29.0 Å². The van der Waals surface area contributed by atoms with Gasteiger partial charge in [-0.3, -0.25) is 4.79 Å². The van der Waals surface area contributed by atoms with Crippen LogP contribution in [0.15, 0.2) is 24.3 Å². The molecular weight excluding hydrogens is 656 g/mol. The highest BCUT2D eigenvalue weighted by atomic mass is 79.9. The molecule has 2 aromatic rings. The van der Waals surface area contributed by atoms with Crippen molar-refractivity contribution in [3.05, 3.63) is 57.6 Å². The molecule has 0 aliphatic carbocycles. The summed E-state index contributed by atoms with van der Waals surface area (Å²) in [6.45, 7) is 11.4. The Bertz CT molecular complexity index is 1170. The van der Waals surface area contributed by atoms with Crippen molar-refractivity contribution in [2.45, 2.75) is 66.3 Å². The number of hydrogen-bond acceptors (Lipinski definition) is 12. The molecule has 0 amide bonds. The molecule has 13 heteroatoms. The largest absolute Gasteiger partial charge is 0.508 e. The van der Waals surface area contributed by atoms with Crippen LogP contribution in [-0.4, -0.2) is 93.4 Å². The first kappa shape index (κ1) is 42.2. The third kappa shape index (κ3) is 14.5. The highest BCUT2D eigenvalue weighted by Crippen LogP contribution is 2.30. The van der Waals surface area contributed by atoms with Gasteiger partial charge in [0.15, 0.2) is 19.2 Å². The van der Waals surface area contributed by atoms with Crippen LogP contribution in [0.1, 0.15) is 59.4 Å². The second-order valence-corrected chi connectivity index (χ2v) is 10.1. The summed E-state index contributed by atoms with van der Waals surface area (Å²) in [5, 5.41) is 30.2. The first-order valence-corrected chi connectivity index (χ1v) is 15.3. The average molecular weight is 706 g/mol. The number of methoxy groups -OCH3 is 4. The van der Waals surface area contributed by atoms with Crippen LogP contribution in [0.25, 0.3) is 0 Å². The molecule has 2 unspecified atom stereocenters. The third-order valence-corrected chi connectivity index (χ3v) is 6.75. The zero-order valence-corrected chi connectivity index (χ0v) is 29.4. The number of rotatable bonds is 14. The highest BCUT2D eigenvalue weighted by Gasteiger charge is 2.24. The summed E-state index contributed by atoms with van der Waals surface area (Å²) >= 11 is 2.94. The zero-order valence-electron chi connectivity index (χ0n) is 27.8. The van der Waals surface area contributed by atoms with Gasteiger partial charge in [0.2, 0.25) is 0 Å². The number of carbonyl (C=O) groups is 2. The molecule has 0 fully saturated rings. The number of aliphatic hydroxyl groups is 2. The van der Waals surface area contributed by atoms with Gasteiger partial charge in [-0.15, -0.1) is 0 Å². The fraction of sp³-hybridized carbons (Fsp3) is 0.562. The van der Waals surface area contributed by atoms with Crippen LogP contribution in [0.2, 0.25) is 0 Å². The molecule has 2 aromatic carbocycles. The normalized spacial score (nSPS) is 12.0. The number of carbonyl (C=O) groups excluding carboxylic acids is 2. The van der Waals surface area contributed by atoms with Gasteiger partial charge in [-0.25, -0.2) is 4.79 Å². The highest BCUT2D eigenvalue weighted by molar-refractivity contribution is 9.09. The number of phenols is 1. The molecule has 0 aliphatic heterocycles. The molecule has 0 bridgehead atoms. The maximum atomic E-state index is 11.3. The van der Waals surface area contributed by atoms with Crippen molar-refractivity contribution in [2.24, 2.45) is 0 Å². The Labute approximate surface area is 274 Å². The van der Waals surface area contributed by atoms with Crippen molar-refractivity contribution in [1.82, 2.24) is 0 Å². The minimum atomic E-state index is -0.909. The lowest BCUT2D eigenvalue weighted by atomic mass is 9.99. The number of aliphatic hydroxyl groups excluding tert-OH is 2. The SMILES string of the molecule is CCOC(=O)CBr.CCOC(=O)COc1cc(C)c(C(O)C(OC)OC)cc1C.COC(OC)C(O)c1cc(C)c(O)cc1C. The van der Waals surface area contributed by atoms with Crippen molar-refractivity contribution in [3.8, 4) is 11.5 Å². The van der Waals surface area contributed by atoms with E-state index in [9.17, 15) is 24.9 Å². The lowest BCUT2D eigenvalue weighted by Gasteiger charge is -2.23. The molecule has 0 saturated carbocycles. The van der Waals surface area contributed by atoms with E-state index < -0.39 is 30.8 Å². The molecule has 2 rings (SSSR count). The fourth-order valence-electron chi connectivity index (χ4n) is 3.97. The van der Waals surface area contributed by atoms with Crippen molar-refractivity contribution in [1.29, 1.82) is 0 Å². The predicted molar refractivity (Wildman–Crippen MR) is 172 cm³/mol. The lowest BCUT2D eigenvalue weighted by Crippen LogP contribution is -2.23. The van der Waals surface area contributed by atoms with E-state index in [1.165, 1.54) is 28.4 Å². The number of benzene rings is 2. The van der Waals surface area contributed by atoms with E-state index in [-0.39, 0.29) is 18.3 Å². The van der Waals surface area contributed by atoms with Gasteiger partial charge in [-0.05, 0) is 99.2 Å². The van der Waals surface area contributed by atoms with E-state index in [0.29, 0.717) is 41.0 Å². The number of ether oxygens (including phenoxy) is 7. The summed E-state index contributed by atoms with van der Waals surface area (Å²) in [4.78, 5) is 21.5. The molecule has 0 saturated heterocycles. The average Bonchev–Trinajstić information content (AvgIpc) is 3.01. The number of hydrogen-bond donors (Lipinski definition) is 3. The van der Waals surface area contributed by atoms with Crippen LogP contribution < -0.4 is 4.74 Å². The predicted octanol–water partition coefficient (Wildman–Crippen LogP) is 4.50. The number of halogens is 1. The smallest absolute Gasteiger partial charge is 0.344 e. The minimum Gasteiger partial charge on any atom is -0.508 e. The topological polar surface area (TPSA) is 159 Å². The van der Waals surface area contributed by atoms with Crippen LogP contribution in [0.4, 0.5) is 0 Å². The van der Waals surface area contributed by atoms with E-state index in [0.717, 1.165) is 16.7 Å². The Morgan fingerprint density at radius 2 is 1.11 bits per heavy atom. The first-order chi connectivity index (χ1) is 21.3. The molecule has 2 atom stereocenters. The van der Waals surface area contributed by atoms with Gasteiger partial charge in [0.25, 0.3) is 0 Å². The van der Waals surface area contributed by atoms with Gasteiger partial charge in [0, 0.05) is 28.4 Å². The third-order valence-electron chi connectivity index (χ3n) is 6.30. The van der Waals surface area contributed by atoms with E-state index in [1.54, 1.807) is 45.0 Å². The van der Waals surface area contributed by atoms with Gasteiger partial charge in [0.05, 0.1) is 13.2 Å². The fourth-order valence-corrected chi connectivity index (χ4v) is 4.13. The molecule has 0 heterocycles. The maximum Gasteiger partial charge on any atom is 0.344 e. The van der Waals surface area contributed by atoms with Crippen molar-refractivity contribution in [2.75, 3.05) is 53.6 Å². The Hall–Kier alpha value is -2.78. The molecule has 0 radical (unpaired) electrons.